The second kappa shape index (κ2) is 5.26. The summed E-state index contributed by atoms with van der Waals surface area (Å²) in [6.07, 6.45) is -2.50. The van der Waals surface area contributed by atoms with Crippen LogP contribution in [0.5, 0.6) is 0 Å². The van der Waals surface area contributed by atoms with Crippen molar-refractivity contribution in [1.29, 1.82) is 0 Å². The molecule has 100 valence electrons. The summed E-state index contributed by atoms with van der Waals surface area (Å²) in [5.41, 5.74) is -0.127. The molecule has 0 aliphatic carbocycles. The molecule has 0 fully saturated rings. The first-order valence-corrected chi connectivity index (χ1v) is 5.65. The summed E-state index contributed by atoms with van der Waals surface area (Å²) in [5.74, 6) is 1.11. The Bertz CT molecular complexity index is 567. The molecule has 1 aromatic heterocycles. The maximum Gasteiger partial charge on any atom is 0.416 e. The first-order chi connectivity index (χ1) is 8.99. The molecule has 0 atom stereocenters. The lowest BCUT2D eigenvalue weighted by Crippen LogP contribution is -2.06. The number of hydrogen-bond acceptors (Lipinski definition) is 3. The number of rotatable bonds is 3. The Morgan fingerprint density at radius 3 is 2.68 bits per heavy atom. The smallest absolute Gasteiger partial charge is 0.373 e. The molecule has 0 saturated carbocycles. The van der Waals surface area contributed by atoms with Crippen LogP contribution >= 0.6 is 0 Å². The lowest BCUT2D eigenvalue weighted by molar-refractivity contribution is -0.137. The Balaban J connectivity index is 2.23. The molecule has 2 rings (SSSR count). The van der Waals surface area contributed by atoms with Crippen LogP contribution in [0.25, 0.3) is 0 Å². The number of alkyl halides is 3. The number of halogens is 3. The van der Waals surface area contributed by atoms with Gasteiger partial charge in [-0.15, -0.1) is 0 Å². The van der Waals surface area contributed by atoms with Crippen LogP contribution in [0.2, 0.25) is 0 Å². The van der Waals surface area contributed by atoms with Crippen LogP contribution in [0.4, 0.5) is 19.0 Å². The molecule has 1 aromatic carbocycles. The summed E-state index contributed by atoms with van der Waals surface area (Å²) >= 11 is 0. The molecule has 1 N–H and O–H groups in total. The van der Waals surface area contributed by atoms with Crippen LogP contribution in [0.15, 0.2) is 36.5 Å². The molecule has 3 nitrogen and oxygen atoms in total. The lowest BCUT2D eigenvalue weighted by atomic mass is 10.1. The highest BCUT2D eigenvalue weighted by atomic mass is 19.4. The minimum Gasteiger partial charge on any atom is -0.373 e. The zero-order valence-corrected chi connectivity index (χ0v) is 10.2. The highest BCUT2D eigenvalue weighted by Gasteiger charge is 2.30. The summed E-state index contributed by atoms with van der Waals surface area (Å²) in [5, 5.41) is 2.86. The Kier molecular flexibility index (Phi) is 3.69. The molecule has 0 aliphatic rings. The van der Waals surface area contributed by atoms with Gasteiger partial charge in [0, 0.05) is 19.7 Å². The van der Waals surface area contributed by atoms with Gasteiger partial charge >= 0.3 is 6.18 Å². The van der Waals surface area contributed by atoms with Crippen molar-refractivity contribution in [1.82, 2.24) is 9.97 Å². The number of nitrogens with zero attached hydrogens (tertiary/aromatic N) is 2. The van der Waals surface area contributed by atoms with Crippen LogP contribution in [0.3, 0.4) is 0 Å². The van der Waals surface area contributed by atoms with Gasteiger partial charge in [-0.3, -0.25) is 0 Å². The van der Waals surface area contributed by atoms with E-state index in [9.17, 15) is 13.2 Å². The fourth-order valence-corrected chi connectivity index (χ4v) is 1.66. The van der Waals surface area contributed by atoms with Crippen LogP contribution in [0, 0.1) is 0 Å². The average Bonchev–Trinajstić information content (AvgIpc) is 2.38. The molecule has 19 heavy (non-hydrogen) atoms. The fraction of sp³-hybridized carbons (Fsp3) is 0.231. The standard InChI is InChI=1S/C13H12F3N3/c1-17-11-5-6-18-12(19-11)8-9-3-2-4-10(7-9)13(14,15)16/h2-7H,8H2,1H3,(H,17,18,19). The van der Waals surface area contributed by atoms with E-state index in [1.54, 1.807) is 25.4 Å². The third kappa shape index (κ3) is 3.43. The van der Waals surface area contributed by atoms with Gasteiger partial charge in [0.05, 0.1) is 5.56 Å². The van der Waals surface area contributed by atoms with Gasteiger partial charge in [0.15, 0.2) is 0 Å². The first kappa shape index (κ1) is 13.3. The van der Waals surface area contributed by atoms with Gasteiger partial charge in [-0.2, -0.15) is 13.2 Å². The van der Waals surface area contributed by atoms with Crippen molar-refractivity contribution in [3.8, 4) is 0 Å². The molecular formula is C13H12F3N3. The van der Waals surface area contributed by atoms with Crippen LogP contribution in [0.1, 0.15) is 17.0 Å². The van der Waals surface area contributed by atoms with Crippen molar-refractivity contribution >= 4 is 5.82 Å². The molecule has 2 aromatic rings. The van der Waals surface area contributed by atoms with Crippen molar-refractivity contribution < 1.29 is 13.2 Å². The number of nitrogens with one attached hydrogen (secondary N) is 1. The Morgan fingerprint density at radius 1 is 1.21 bits per heavy atom. The highest BCUT2D eigenvalue weighted by molar-refractivity contribution is 5.33. The SMILES string of the molecule is CNc1ccnc(Cc2cccc(C(F)(F)F)c2)n1. The quantitative estimate of drug-likeness (QED) is 0.928. The van der Waals surface area contributed by atoms with Crippen molar-refractivity contribution in [2.75, 3.05) is 12.4 Å². The van der Waals surface area contributed by atoms with Gasteiger partial charge in [-0.1, -0.05) is 18.2 Å². The molecule has 0 saturated heterocycles. The van der Waals surface area contributed by atoms with E-state index in [1.165, 1.54) is 6.07 Å². The summed E-state index contributed by atoms with van der Waals surface area (Å²) < 4.78 is 37.8. The largest absolute Gasteiger partial charge is 0.416 e. The van der Waals surface area contributed by atoms with Gasteiger partial charge in [0.1, 0.15) is 11.6 Å². The zero-order chi connectivity index (χ0) is 13.9. The van der Waals surface area contributed by atoms with Crippen molar-refractivity contribution in [3.05, 3.63) is 53.5 Å². The monoisotopic (exact) mass is 267 g/mol. The van der Waals surface area contributed by atoms with Crippen LogP contribution < -0.4 is 5.32 Å². The van der Waals surface area contributed by atoms with Gasteiger partial charge in [0.2, 0.25) is 0 Å². The molecule has 0 unspecified atom stereocenters. The maximum absolute atomic E-state index is 12.6. The van der Waals surface area contributed by atoms with E-state index in [1.807, 2.05) is 0 Å². The minimum atomic E-state index is -4.33. The van der Waals surface area contributed by atoms with Crippen molar-refractivity contribution in [2.24, 2.45) is 0 Å². The predicted molar refractivity (Wildman–Crippen MR) is 65.8 cm³/mol. The van der Waals surface area contributed by atoms with Gasteiger partial charge in [-0.05, 0) is 17.7 Å². The number of aromatic nitrogens is 2. The van der Waals surface area contributed by atoms with E-state index < -0.39 is 11.7 Å². The Hall–Kier alpha value is -2.11. The maximum atomic E-state index is 12.6. The lowest BCUT2D eigenvalue weighted by Gasteiger charge is -2.08. The molecule has 6 heteroatoms. The third-order valence-electron chi connectivity index (χ3n) is 2.58. The molecular weight excluding hydrogens is 255 g/mol. The van der Waals surface area contributed by atoms with Gasteiger partial charge in [0.25, 0.3) is 0 Å². The number of anilines is 1. The van der Waals surface area contributed by atoms with Gasteiger partial charge < -0.3 is 5.32 Å². The van der Waals surface area contributed by atoms with Crippen LogP contribution in [-0.2, 0) is 12.6 Å². The molecule has 0 radical (unpaired) electrons. The molecule has 1 heterocycles. The highest BCUT2D eigenvalue weighted by Crippen LogP contribution is 2.29. The van der Waals surface area contributed by atoms with E-state index in [4.69, 9.17) is 0 Å². The normalized spacial score (nSPS) is 11.4. The molecule has 0 aliphatic heterocycles. The summed E-state index contributed by atoms with van der Waals surface area (Å²) in [6, 6.07) is 6.88. The van der Waals surface area contributed by atoms with Crippen molar-refractivity contribution in [2.45, 2.75) is 12.6 Å². The van der Waals surface area contributed by atoms with E-state index in [2.05, 4.69) is 15.3 Å². The Labute approximate surface area is 108 Å². The summed E-state index contributed by atoms with van der Waals surface area (Å²) in [6.45, 7) is 0. The second-order valence-electron chi connectivity index (χ2n) is 3.98. The average molecular weight is 267 g/mol. The number of hydrogen-bond donors (Lipinski definition) is 1. The predicted octanol–water partition coefficient (Wildman–Crippen LogP) is 3.13. The van der Waals surface area contributed by atoms with E-state index in [0.717, 1.165) is 12.1 Å². The second-order valence-corrected chi connectivity index (χ2v) is 3.98. The molecule has 0 spiro atoms. The first-order valence-electron chi connectivity index (χ1n) is 5.65. The number of benzene rings is 1. The van der Waals surface area contributed by atoms with Crippen molar-refractivity contribution in [3.63, 3.8) is 0 Å². The summed E-state index contributed by atoms with van der Waals surface area (Å²) in [7, 11) is 1.72. The molecule has 0 amide bonds. The molecule has 0 bridgehead atoms. The van der Waals surface area contributed by atoms with E-state index >= 15 is 0 Å². The third-order valence-corrected chi connectivity index (χ3v) is 2.58. The Morgan fingerprint density at radius 2 is 2.00 bits per heavy atom. The summed E-state index contributed by atoms with van der Waals surface area (Å²) in [4.78, 5) is 8.22. The fourth-order valence-electron chi connectivity index (χ4n) is 1.66. The van der Waals surface area contributed by atoms with E-state index in [-0.39, 0.29) is 6.42 Å². The topological polar surface area (TPSA) is 37.8 Å². The van der Waals surface area contributed by atoms with Gasteiger partial charge in [-0.25, -0.2) is 9.97 Å². The van der Waals surface area contributed by atoms with E-state index in [0.29, 0.717) is 17.2 Å². The van der Waals surface area contributed by atoms with Crippen LogP contribution in [-0.4, -0.2) is 17.0 Å². The minimum absolute atomic E-state index is 0.263. The zero-order valence-electron chi connectivity index (χ0n) is 10.2.